The zero-order valence-corrected chi connectivity index (χ0v) is 11.8. The third-order valence-corrected chi connectivity index (χ3v) is 4.29. The third-order valence-electron chi connectivity index (χ3n) is 4.29. The molecule has 2 heterocycles. The number of cyclic esters (lactones) is 1. The van der Waals surface area contributed by atoms with E-state index in [1.54, 1.807) is 6.92 Å². The van der Waals surface area contributed by atoms with Gasteiger partial charge in [0.15, 0.2) is 0 Å². The van der Waals surface area contributed by atoms with Crippen molar-refractivity contribution in [2.45, 2.75) is 38.6 Å². The van der Waals surface area contributed by atoms with Crippen LogP contribution in [0, 0.1) is 6.92 Å². The van der Waals surface area contributed by atoms with Crippen molar-refractivity contribution < 1.29 is 14.6 Å². The van der Waals surface area contributed by atoms with Gasteiger partial charge >= 0.3 is 5.97 Å². The quantitative estimate of drug-likeness (QED) is 0.692. The summed E-state index contributed by atoms with van der Waals surface area (Å²) in [4.78, 5) is 11.6. The van der Waals surface area contributed by atoms with Gasteiger partial charge in [-0.2, -0.15) is 0 Å². The van der Waals surface area contributed by atoms with E-state index in [-0.39, 0.29) is 18.1 Å². The standard InChI is InChI=1S/C15H20N2O3/c1-8-10(3-4-11-12(8)7-20-15(11)19)14-6-16-5-13(17-14)9(2)18/h3-4,9,13-14,16-18H,5-7H2,1-2H3. The van der Waals surface area contributed by atoms with Crippen LogP contribution in [-0.4, -0.2) is 36.3 Å². The number of aliphatic hydroxyl groups excluding tert-OH is 1. The summed E-state index contributed by atoms with van der Waals surface area (Å²) in [6.07, 6.45) is -0.398. The molecular formula is C15H20N2O3. The fourth-order valence-corrected chi connectivity index (χ4v) is 3.01. The van der Waals surface area contributed by atoms with Crippen LogP contribution in [0.25, 0.3) is 0 Å². The number of rotatable bonds is 2. The molecule has 108 valence electrons. The number of esters is 1. The maximum Gasteiger partial charge on any atom is 0.338 e. The Balaban J connectivity index is 1.89. The molecule has 5 heteroatoms. The molecule has 5 nitrogen and oxygen atoms in total. The number of nitrogens with one attached hydrogen (secondary N) is 2. The molecule has 0 spiro atoms. The molecule has 0 bridgehead atoms. The van der Waals surface area contributed by atoms with Crippen LogP contribution < -0.4 is 10.6 Å². The van der Waals surface area contributed by atoms with E-state index in [1.807, 2.05) is 19.1 Å². The highest BCUT2D eigenvalue weighted by molar-refractivity contribution is 5.93. The van der Waals surface area contributed by atoms with E-state index in [9.17, 15) is 9.90 Å². The summed E-state index contributed by atoms with van der Waals surface area (Å²) in [5.74, 6) is -0.230. The van der Waals surface area contributed by atoms with Crippen LogP contribution in [0.3, 0.4) is 0 Å². The van der Waals surface area contributed by atoms with E-state index in [1.165, 1.54) is 5.56 Å². The lowest BCUT2D eigenvalue weighted by molar-refractivity contribution is 0.0535. The fraction of sp³-hybridized carbons (Fsp3) is 0.533. The number of hydrogen-bond acceptors (Lipinski definition) is 5. The van der Waals surface area contributed by atoms with Crippen LogP contribution in [0.15, 0.2) is 12.1 Å². The largest absolute Gasteiger partial charge is 0.457 e. The molecule has 1 aromatic carbocycles. The molecule has 0 radical (unpaired) electrons. The van der Waals surface area contributed by atoms with Crippen LogP contribution in [0.2, 0.25) is 0 Å². The highest BCUT2D eigenvalue weighted by atomic mass is 16.5. The molecule has 2 aliphatic heterocycles. The van der Waals surface area contributed by atoms with Crippen molar-refractivity contribution in [3.05, 3.63) is 34.4 Å². The van der Waals surface area contributed by atoms with Crippen LogP contribution in [-0.2, 0) is 11.3 Å². The summed E-state index contributed by atoms with van der Waals surface area (Å²) >= 11 is 0. The molecule has 0 saturated carbocycles. The second-order valence-electron chi connectivity index (χ2n) is 5.61. The molecule has 0 aromatic heterocycles. The predicted octanol–water partition coefficient (Wildman–Crippen LogP) is 0.649. The molecule has 3 unspecified atom stereocenters. The topological polar surface area (TPSA) is 70.6 Å². The van der Waals surface area contributed by atoms with E-state index in [0.29, 0.717) is 12.2 Å². The van der Waals surface area contributed by atoms with Crippen molar-refractivity contribution in [2.75, 3.05) is 13.1 Å². The van der Waals surface area contributed by atoms with Crippen LogP contribution in [0.4, 0.5) is 0 Å². The first-order chi connectivity index (χ1) is 9.58. The van der Waals surface area contributed by atoms with Gasteiger partial charge in [-0.1, -0.05) is 6.07 Å². The van der Waals surface area contributed by atoms with Crippen molar-refractivity contribution in [3.8, 4) is 0 Å². The highest BCUT2D eigenvalue weighted by Gasteiger charge is 2.29. The van der Waals surface area contributed by atoms with Crippen molar-refractivity contribution in [1.29, 1.82) is 0 Å². The monoisotopic (exact) mass is 276 g/mol. The SMILES string of the molecule is Cc1c(C2CNCC(C(C)O)N2)ccc2c1COC2=O. The number of carbonyl (C=O) groups is 1. The van der Waals surface area contributed by atoms with E-state index >= 15 is 0 Å². The third kappa shape index (κ3) is 2.22. The van der Waals surface area contributed by atoms with Gasteiger partial charge in [-0.25, -0.2) is 4.79 Å². The number of carbonyl (C=O) groups excluding carboxylic acids is 1. The molecule has 20 heavy (non-hydrogen) atoms. The number of benzene rings is 1. The Morgan fingerprint density at radius 2 is 2.20 bits per heavy atom. The van der Waals surface area contributed by atoms with Crippen LogP contribution >= 0.6 is 0 Å². The summed E-state index contributed by atoms with van der Waals surface area (Å²) in [6, 6.07) is 4.02. The van der Waals surface area contributed by atoms with Crippen molar-refractivity contribution in [1.82, 2.24) is 10.6 Å². The molecule has 3 atom stereocenters. The normalized spacial score (nSPS) is 27.1. The Labute approximate surface area is 118 Å². The van der Waals surface area contributed by atoms with E-state index in [2.05, 4.69) is 10.6 Å². The van der Waals surface area contributed by atoms with Gasteiger partial charge in [0.25, 0.3) is 0 Å². The minimum absolute atomic E-state index is 0.0410. The lowest BCUT2D eigenvalue weighted by atomic mass is 9.92. The maximum absolute atomic E-state index is 11.6. The molecule has 0 aliphatic carbocycles. The zero-order chi connectivity index (χ0) is 14.3. The first-order valence-corrected chi connectivity index (χ1v) is 7.02. The molecule has 1 aromatic rings. The van der Waals surface area contributed by atoms with Gasteiger partial charge < -0.3 is 20.5 Å². The first kappa shape index (κ1) is 13.5. The minimum atomic E-state index is -0.398. The summed E-state index contributed by atoms with van der Waals surface area (Å²) in [5, 5.41) is 16.6. The Bertz CT molecular complexity index is 542. The predicted molar refractivity (Wildman–Crippen MR) is 74.5 cm³/mol. The molecule has 3 rings (SSSR count). The van der Waals surface area contributed by atoms with Crippen molar-refractivity contribution >= 4 is 5.97 Å². The molecule has 3 N–H and O–H groups in total. The van der Waals surface area contributed by atoms with Crippen molar-refractivity contribution in [2.24, 2.45) is 0 Å². The van der Waals surface area contributed by atoms with Gasteiger partial charge in [-0.3, -0.25) is 0 Å². The lowest BCUT2D eigenvalue weighted by Gasteiger charge is -2.34. The summed E-state index contributed by atoms with van der Waals surface area (Å²) in [6.45, 7) is 5.78. The summed E-state index contributed by atoms with van der Waals surface area (Å²) < 4.78 is 5.09. The minimum Gasteiger partial charge on any atom is -0.457 e. The Morgan fingerprint density at radius 1 is 1.40 bits per heavy atom. The Kier molecular flexibility index (Phi) is 3.50. The number of ether oxygens (including phenoxy) is 1. The average molecular weight is 276 g/mol. The number of hydrogen-bond donors (Lipinski definition) is 3. The van der Waals surface area contributed by atoms with Gasteiger partial charge in [-0.05, 0) is 31.0 Å². The van der Waals surface area contributed by atoms with Crippen LogP contribution in [0.1, 0.15) is 40.0 Å². The van der Waals surface area contributed by atoms with Crippen LogP contribution in [0.5, 0.6) is 0 Å². The van der Waals surface area contributed by atoms with Gasteiger partial charge in [0.05, 0.1) is 11.7 Å². The van der Waals surface area contributed by atoms with Gasteiger partial charge in [0, 0.05) is 30.7 Å². The average Bonchev–Trinajstić information content (AvgIpc) is 2.82. The molecule has 0 amide bonds. The van der Waals surface area contributed by atoms with Gasteiger partial charge in [-0.15, -0.1) is 0 Å². The summed E-state index contributed by atoms with van der Waals surface area (Å²) in [5.41, 5.74) is 3.95. The second kappa shape index (κ2) is 5.16. The zero-order valence-electron chi connectivity index (χ0n) is 11.8. The lowest BCUT2D eigenvalue weighted by Crippen LogP contribution is -2.54. The van der Waals surface area contributed by atoms with E-state index in [4.69, 9.17) is 4.74 Å². The smallest absolute Gasteiger partial charge is 0.338 e. The molecular weight excluding hydrogens is 256 g/mol. The van der Waals surface area contributed by atoms with E-state index < -0.39 is 6.10 Å². The number of piperazine rings is 1. The maximum atomic E-state index is 11.6. The van der Waals surface area contributed by atoms with Crippen molar-refractivity contribution in [3.63, 3.8) is 0 Å². The second-order valence-corrected chi connectivity index (χ2v) is 5.61. The fourth-order valence-electron chi connectivity index (χ4n) is 3.01. The Hall–Kier alpha value is -1.43. The first-order valence-electron chi connectivity index (χ1n) is 7.02. The van der Waals surface area contributed by atoms with E-state index in [0.717, 1.165) is 24.2 Å². The molecule has 2 aliphatic rings. The molecule has 1 saturated heterocycles. The van der Waals surface area contributed by atoms with Gasteiger partial charge in [0.1, 0.15) is 6.61 Å². The molecule has 1 fully saturated rings. The summed E-state index contributed by atoms with van der Waals surface area (Å²) in [7, 11) is 0. The number of fused-ring (bicyclic) bond motifs is 1. The Morgan fingerprint density at radius 3 is 2.95 bits per heavy atom. The number of aliphatic hydroxyl groups is 1. The highest BCUT2D eigenvalue weighted by Crippen LogP contribution is 2.29. The van der Waals surface area contributed by atoms with Gasteiger partial charge in [0.2, 0.25) is 0 Å².